The molecule has 0 bridgehead atoms. The van der Waals surface area contributed by atoms with E-state index in [2.05, 4.69) is 4.90 Å². The maximum atomic E-state index is 13.2. The van der Waals surface area contributed by atoms with Crippen molar-refractivity contribution in [1.29, 1.82) is 0 Å². The first-order valence-corrected chi connectivity index (χ1v) is 6.99. The van der Waals surface area contributed by atoms with E-state index in [1.165, 1.54) is 6.07 Å². The molecule has 0 aliphatic carbocycles. The van der Waals surface area contributed by atoms with Gasteiger partial charge in [0.1, 0.15) is 5.82 Å². The molecule has 0 saturated carbocycles. The monoisotopic (exact) mass is 266 g/mol. The van der Waals surface area contributed by atoms with E-state index in [1.54, 1.807) is 12.1 Å². The summed E-state index contributed by atoms with van der Waals surface area (Å²) in [6.07, 6.45) is 1.33. The van der Waals surface area contributed by atoms with Crippen LogP contribution in [0.15, 0.2) is 24.3 Å². The molecule has 19 heavy (non-hydrogen) atoms. The topological polar surface area (TPSA) is 49.5 Å². The largest absolute Gasteiger partial charge is 0.393 e. The highest BCUT2D eigenvalue weighted by Gasteiger charge is 2.29. The third-order valence-corrected chi connectivity index (χ3v) is 3.85. The van der Waals surface area contributed by atoms with E-state index in [9.17, 15) is 9.50 Å². The number of nitrogens with two attached hydrogens (primary N) is 1. The van der Waals surface area contributed by atoms with E-state index in [0.29, 0.717) is 6.54 Å². The SMILES string of the molecule is CCC(O)C1CC(N)CN(Cc2cccc(F)c2)C1. The van der Waals surface area contributed by atoms with Gasteiger partial charge in [-0.15, -0.1) is 0 Å². The molecule has 4 heteroatoms. The van der Waals surface area contributed by atoms with Crippen LogP contribution >= 0.6 is 0 Å². The first-order chi connectivity index (χ1) is 9.08. The number of rotatable bonds is 4. The lowest BCUT2D eigenvalue weighted by Crippen LogP contribution is -2.49. The number of hydrogen-bond donors (Lipinski definition) is 2. The van der Waals surface area contributed by atoms with Crippen molar-refractivity contribution in [3.63, 3.8) is 0 Å². The summed E-state index contributed by atoms with van der Waals surface area (Å²) >= 11 is 0. The number of hydrogen-bond acceptors (Lipinski definition) is 3. The van der Waals surface area contributed by atoms with Crippen LogP contribution in [0.4, 0.5) is 4.39 Å². The van der Waals surface area contributed by atoms with Gasteiger partial charge >= 0.3 is 0 Å². The van der Waals surface area contributed by atoms with E-state index in [-0.39, 0.29) is 23.9 Å². The summed E-state index contributed by atoms with van der Waals surface area (Å²) < 4.78 is 13.2. The molecule has 3 N–H and O–H groups in total. The van der Waals surface area contributed by atoms with Crippen LogP contribution in [0.25, 0.3) is 0 Å². The zero-order chi connectivity index (χ0) is 13.8. The van der Waals surface area contributed by atoms with Crippen LogP contribution in [0.1, 0.15) is 25.3 Å². The van der Waals surface area contributed by atoms with Gasteiger partial charge in [0.2, 0.25) is 0 Å². The highest BCUT2D eigenvalue weighted by atomic mass is 19.1. The summed E-state index contributed by atoms with van der Waals surface area (Å²) in [5.74, 6) is 0.0197. The van der Waals surface area contributed by atoms with Gasteiger partial charge in [0.05, 0.1) is 6.10 Å². The van der Waals surface area contributed by atoms with Crippen molar-refractivity contribution in [3.05, 3.63) is 35.6 Å². The Balaban J connectivity index is 1.99. The van der Waals surface area contributed by atoms with Crippen LogP contribution in [0, 0.1) is 11.7 Å². The summed E-state index contributed by atoms with van der Waals surface area (Å²) in [6.45, 7) is 4.32. The second kappa shape index (κ2) is 6.46. The summed E-state index contributed by atoms with van der Waals surface area (Å²) in [5.41, 5.74) is 7.02. The van der Waals surface area contributed by atoms with E-state index in [4.69, 9.17) is 5.73 Å². The summed E-state index contributed by atoms with van der Waals surface area (Å²) in [5, 5.41) is 9.99. The van der Waals surface area contributed by atoms with E-state index >= 15 is 0 Å². The molecule has 0 aromatic heterocycles. The lowest BCUT2D eigenvalue weighted by atomic mass is 9.88. The van der Waals surface area contributed by atoms with Gasteiger partial charge in [-0.25, -0.2) is 4.39 Å². The minimum absolute atomic E-state index is 0.0912. The van der Waals surface area contributed by atoms with Crippen LogP contribution < -0.4 is 5.73 Å². The Kier molecular flexibility index (Phi) is 4.91. The molecule has 0 amide bonds. The molecule has 1 aliphatic rings. The zero-order valence-electron chi connectivity index (χ0n) is 11.4. The van der Waals surface area contributed by atoms with E-state index < -0.39 is 0 Å². The Hall–Kier alpha value is -0.970. The van der Waals surface area contributed by atoms with Crippen molar-refractivity contribution in [1.82, 2.24) is 4.90 Å². The molecule has 2 rings (SSSR count). The summed E-state index contributed by atoms with van der Waals surface area (Å²) in [4.78, 5) is 2.21. The molecule has 0 radical (unpaired) electrons. The molecule has 0 spiro atoms. The van der Waals surface area contributed by atoms with Crippen molar-refractivity contribution in [2.45, 2.75) is 38.5 Å². The second-order valence-electron chi connectivity index (χ2n) is 5.56. The molecule has 1 saturated heterocycles. The maximum absolute atomic E-state index is 13.2. The first-order valence-electron chi connectivity index (χ1n) is 6.99. The Morgan fingerprint density at radius 3 is 2.95 bits per heavy atom. The molecule has 3 unspecified atom stereocenters. The number of halogens is 1. The van der Waals surface area contributed by atoms with Crippen LogP contribution in [-0.4, -0.2) is 35.2 Å². The molecule has 3 nitrogen and oxygen atoms in total. The zero-order valence-corrected chi connectivity index (χ0v) is 11.4. The van der Waals surface area contributed by atoms with Crippen molar-refractivity contribution in [2.75, 3.05) is 13.1 Å². The highest BCUT2D eigenvalue weighted by Crippen LogP contribution is 2.22. The number of aliphatic hydroxyl groups excluding tert-OH is 1. The molecule has 1 aromatic carbocycles. The number of piperidine rings is 1. The van der Waals surface area contributed by atoms with Gasteiger partial charge in [0.25, 0.3) is 0 Å². The fourth-order valence-corrected chi connectivity index (χ4v) is 2.91. The van der Waals surface area contributed by atoms with Crippen molar-refractivity contribution >= 4 is 0 Å². The predicted molar refractivity (Wildman–Crippen MR) is 74.1 cm³/mol. The van der Waals surface area contributed by atoms with E-state index in [0.717, 1.165) is 31.5 Å². The Morgan fingerprint density at radius 2 is 2.26 bits per heavy atom. The van der Waals surface area contributed by atoms with Crippen LogP contribution in [0.3, 0.4) is 0 Å². The van der Waals surface area contributed by atoms with Gasteiger partial charge in [-0.1, -0.05) is 19.1 Å². The van der Waals surface area contributed by atoms with Crippen LogP contribution in [0.5, 0.6) is 0 Å². The number of benzene rings is 1. The van der Waals surface area contributed by atoms with Gasteiger partial charge in [0.15, 0.2) is 0 Å². The lowest BCUT2D eigenvalue weighted by molar-refractivity contribution is 0.0387. The summed E-state index contributed by atoms with van der Waals surface area (Å²) in [7, 11) is 0. The average molecular weight is 266 g/mol. The van der Waals surface area contributed by atoms with Gasteiger partial charge in [0, 0.05) is 25.7 Å². The van der Waals surface area contributed by atoms with Crippen molar-refractivity contribution in [3.8, 4) is 0 Å². The number of aliphatic hydroxyl groups is 1. The molecule has 1 aliphatic heterocycles. The molecular weight excluding hydrogens is 243 g/mol. The number of likely N-dealkylation sites (tertiary alicyclic amines) is 1. The van der Waals surface area contributed by atoms with E-state index in [1.807, 2.05) is 13.0 Å². The number of nitrogens with zero attached hydrogens (tertiary/aromatic N) is 1. The standard InChI is InChI=1S/C15H23FN2O/c1-2-15(19)12-7-14(17)10-18(9-12)8-11-4-3-5-13(16)6-11/h3-6,12,14-15,19H,2,7-10,17H2,1H3. The van der Waals surface area contributed by atoms with Gasteiger partial charge in [-0.2, -0.15) is 0 Å². The Labute approximate surface area is 114 Å². The molecule has 106 valence electrons. The molecule has 1 fully saturated rings. The Bertz CT molecular complexity index is 413. The second-order valence-corrected chi connectivity index (χ2v) is 5.56. The third kappa shape index (κ3) is 4.00. The first kappa shape index (κ1) is 14.4. The Morgan fingerprint density at radius 1 is 1.47 bits per heavy atom. The minimum Gasteiger partial charge on any atom is -0.393 e. The average Bonchev–Trinajstić information content (AvgIpc) is 2.37. The summed E-state index contributed by atoms with van der Waals surface area (Å²) in [6, 6.07) is 6.76. The van der Waals surface area contributed by atoms with Crippen LogP contribution in [-0.2, 0) is 6.54 Å². The van der Waals surface area contributed by atoms with Gasteiger partial charge in [-0.3, -0.25) is 4.90 Å². The third-order valence-electron chi connectivity index (χ3n) is 3.85. The minimum atomic E-state index is -0.290. The fourth-order valence-electron chi connectivity index (χ4n) is 2.91. The molecule has 1 heterocycles. The molecule has 3 atom stereocenters. The quantitative estimate of drug-likeness (QED) is 0.873. The normalized spacial score (nSPS) is 26.3. The smallest absolute Gasteiger partial charge is 0.123 e. The van der Waals surface area contributed by atoms with Gasteiger partial charge < -0.3 is 10.8 Å². The molecular formula is C15H23FN2O. The fraction of sp³-hybridized carbons (Fsp3) is 0.600. The highest BCUT2D eigenvalue weighted by molar-refractivity contribution is 5.16. The van der Waals surface area contributed by atoms with Crippen LogP contribution in [0.2, 0.25) is 0 Å². The van der Waals surface area contributed by atoms with Crippen molar-refractivity contribution in [2.24, 2.45) is 11.7 Å². The van der Waals surface area contributed by atoms with Gasteiger partial charge in [-0.05, 0) is 36.5 Å². The lowest BCUT2D eigenvalue weighted by Gasteiger charge is -2.38. The maximum Gasteiger partial charge on any atom is 0.123 e. The predicted octanol–water partition coefficient (Wildman–Crippen LogP) is 1.75. The molecule has 1 aromatic rings. The van der Waals surface area contributed by atoms with Crippen molar-refractivity contribution < 1.29 is 9.50 Å².